The monoisotopic (exact) mass is 295 g/mol. The van der Waals surface area contributed by atoms with Gasteiger partial charge in [0.15, 0.2) is 11.6 Å². The number of rotatable bonds is 5. The highest BCUT2D eigenvalue weighted by Gasteiger charge is 2.22. The molecule has 4 heteroatoms. The fourth-order valence-electron chi connectivity index (χ4n) is 2.49. The molecule has 1 saturated carbocycles. The maximum atomic E-state index is 13.5. The van der Waals surface area contributed by atoms with E-state index in [-0.39, 0.29) is 0 Å². The van der Waals surface area contributed by atoms with Crippen molar-refractivity contribution in [1.82, 2.24) is 5.32 Å². The summed E-state index contributed by atoms with van der Waals surface area (Å²) in [5.41, 5.74) is 1.19. The van der Waals surface area contributed by atoms with E-state index >= 15 is 0 Å². The molecule has 1 fully saturated rings. The van der Waals surface area contributed by atoms with Gasteiger partial charge in [-0.25, -0.2) is 8.78 Å². The first-order valence-electron chi connectivity index (χ1n) is 7.17. The van der Waals surface area contributed by atoms with E-state index in [2.05, 4.69) is 19.2 Å². The predicted molar refractivity (Wildman–Crippen MR) is 80.1 cm³/mol. The summed E-state index contributed by atoms with van der Waals surface area (Å²) >= 11 is 1.59. The Kier molecular flexibility index (Phi) is 3.78. The summed E-state index contributed by atoms with van der Waals surface area (Å²) in [6.07, 6.45) is 3.40. The molecule has 2 aromatic rings. The predicted octanol–water partition coefficient (Wildman–Crippen LogP) is 4.63. The molecule has 3 rings (SSSR count). The lowest BCUT2D eigenvalue weighted by Crippen LogP contribution is -2.15. The van der Waals surface area contributed by atoms with E-state index in [4.69, 9.17) is 0 Å². The minimum atomic E-state index is -0.753. The first kappa shape index (κ1) is 14.0. The molecular formula is C16H19F2NS. The fraction of sp³-hybridized carbons (Fsp3) is 0.500. The quantitative estimate of drug-likeness (QED) is 0.848. The molecule has 1 aromatic heterocycles. The van der Waals surface area contributed by atoms with Crippen LogP contribution < -0.4 is 5.32 Å². The third-order valence-corrected chi connectivity index (χ3v) is 4.85. The molecule has 0 spiro atoms. The molecule has 0 aliphatic heterocycles. The Labute approximate surface area is 122 Å². The average molecular weight is 295 g/mol. The normalized spacial score (nSPS) is 15.4. The van der Waals surface area contributed by atoms with E-state index in [1.54, 1.807) is 11.3 Å². The summed E-state index contributed by atoms with van der Waals surface area (Å²) < 4.78 is 27.8. The van der Waals surface area contributed by atoms with E-state index in [0.29, 0.717) is 12.0 Å². The highest BCUT2D eigenvalue weighted by molar-refractivity contribution is 7.19. The highest BCUT2D eigenvalue weighted by Crippen LogP contribution is 2.35. The lowest BCUT2D eigenvalue weighted by Gasteiger charge is -2.08. The Morgan fingerprint density at radius 3 is 2.60 bits per heavy atom. The van der Waals surface area contributed by atoms with Crippen LogP contribution in [-0.4, -0.2) is 6.04 Å². The van der Waals surface area contributed by atoms with Crippen molar-refractivity contribution in [3.8, 4) is 0 Å². The molecule has 0 unspecified atom stereocenters. The second-order valence-electron chi connectivity index (χ2n) is 6.02. The van der Waals surface area contributed by atoms with Gasteiger partial charge in [-0.2, -0.15) is 0 Å². The summed E-state index contributed by atoms with van der Waals surface area (Å²) in [6, 6.07) is 3.33. The van der Waals surface area contributed by atoms with E-state index < -0.39 is 11.6 Å². The number of thiophene rings is 1. The SMILES string of the molecule is CC(C)Cc1c(CNC2CC2)sc2cc(F)c(F)cc12. The standard InChI is InChI=1S/C16H19F2NS/c1-9(2)5-11-12-6-13(17)14(18)7-15(12)20-16(11)8-19-10-3-4-10/h6-7,9-10,19H,3-5,8H2,1-2H3. The topological polar surface area (TPSA) is 12.0 Å². The Morgan fingerprint density at radius 2 is 1.95 bits per heavy atom. The van der Waals surface area contributed by atoms with Gasteiger partial charge in [0.2, 0.25) is 0 Å². The minimum Gasteiger partial charge on any atom is -0.309 e. The molecule has 0 radical (unpaired) electrons. The van der Waals surface area contributed by atoms with Crippen molar-refractivity contribution in [2.45, 2.75) is 45.7 Å². The number of halogens is 2. The van der Waals surface area contributed by atoms with Crippen molar-refractivity contribution in [1.29, 1.82) is 0 Å². The Balaban J connectivity index is 2.01. The van der Waals surface area contributed by atoms with Gasteiger partial charge >= 0.3 is 0 Å². The van der Waals surface area contributed by atoms with Crippen molar-refractivity contribution < 1.29 is 8.78 Å². The van der Waals surface area contributed by atoms with Crippen molar-refractivity contribution in [2.75, 3.05) is 0 Å². The third kappa shape index (κ3) is 2.86. The first-order chi connectivity index (χ1) is 9.54. The zero-order chi connectivity index (χ0) is 14.3. The average Bonchev–Trinajstić information content (AvgIpc) is 3.15. The van der Waals surface area contributed by atoms with Gasteiger partial charge in [0.25, 0.3) is 0 Å². The van der Waals surface area contributed by atoms with Crippen LogP contribution in [0.25, 0.3) is 10.1 Å². The molecule has 108 valence electrons. The Morgan fingerprint density at radius 1 is 1.25 bits per heavy atom. The van der Waals surface area contributed by atoms with Crippen LogP contribution in [0.3, 0.4) is 0 Å². The molecule has 0 amide bonds. The molecule has 1 heterocycles. The molecule has 0 saturated heterocycles. The van der Waals surface area contributed by atoms with Gasteiger partial charge in [-0.1, -0.05) is 13.8 Å². The van der Waals surface area contributed by atoms with Gasteiger partial charge in [-0.15, -0.1) is 11.3 Å². The molecule has 1 N–H and O–H groups in total. The number of benzene rings is 1. The molecule has 0 atom stereocenters. The largest absolute Gasteiger partial charge is 0.309 e. The summed E-state index contributed by atoms with van der Waals surface area (Å²) in [7, 11) is 0. The maximum Gasteiger partial charge on any atom is 0.160 e. The van der Waals surface area contributed by atoms with Gasteiger partial charge in [-0.3, -0.25) is 0 Å². The van der Waals surface area contributed by atoms with Gasteiger partial charge < -0.3 is 5.32 Å². The first-order valence-corrected chi connectivity index (χ1v) is 7.99. The fourth-order valence-corrected chi connectivity index (χ4v) is 3.68. The van der Waals surface area contributed by atoms with Gasteiger partial charge in [0.05, 0.1) is 0 Å². The van der Waals surface area contributed by atoms with Crippen LogP contribution in [-0.2, 0) is 13.0 Å². The summed E-state index contributed by atoms with van der Waals surface area (Å²) in [5, 5.41) is 4.38. The zero-order valence-corrected chi connectivity index (χ0v) is 12.6. The smallest absolute Gasteiger partial charge is 0.160 e. The summed E-state index contributed by atoms with van der Waals surface area (Å²) in [4.78, 5) is 1.23. The Hall–Kier alpha value is -1.00. The van der Waals surface area contributed by atoms with Crippen LogP contribution in [0.15, 0.2) is 12.1 Å². The van der Waals surface area contributed by atoms with Crippen molar-refractivity contribution in [2.24, 2.45) is 5.92 Å². The van der Waals surface area contributed by atoms with Gasteiger partial charge in [0, 0.05) is 22.2 Å². The van der Waals surface area contributed by atoms with Crippen LogP contribution in [0.1, 0.15) is 37.1 Å². The Bertz CT molecular complexity index is 629. The van der Waals surface area contributed by atoms with E-state index in [0.717, 1.165) is 23.1 Å². The van der Waals surface area contributed by atoms with Crippen molar-refractivity contribution in [3.05, 3.63) is 34.2 Å². The van der Waals surface area contributed by atoms with Crippen LogP contribution >= 0.6 is 11.3 Å². The summed E-state index contributed by atoms with van der Waals surface area (Å²) in [6.45, 7) is 5.12. The lowest BCUT2D eigenvalue weighted by molar-refractivity contribution is 0.511. The maximum absolute atomic E-state index is 13.5. The molecule has 1 nitrogen and oxygen atoms in total. The number of fused-ring (bicyclic) bond motifs is 1. The number of hydrogen-bond acceptors (Lipinski definition) is 2. The van der Waals surface area contributed by atoms with Crippen LogP contribution in [0.5, 0.6) is 0 Å². The second kappa shape index (κ2) is 5.41. The molecule has 0 bridgehead atoms. The van der Waals surface area contributed by atoms with Crippen molar-refractivity contribution >= 4 is 21.4 Å². The zero-order valence-electron chi connectivity index (χ0n) is 11.8. The molecule has 1 aliphatic rings. The lowest BCUT2D eigenvalue weighted by atomic mass is 9.99. The second-order valence-corrected chi connectivity index (χ2v) is 7.16. The van der Waals surface area contributed by atoms with Crippen LogP contribution in [0.4, 0.5) is 8.78 Å². The summed E-state index contributed by atoms with van der Waals surface area (Å²) in [5.74, 6) is -1.00. The van der Waals surface area contributed by atoms with Crippen LogP contribution in [0.2, 0.25) is 0 Å². The van der Waals surface area contributed by atoms with E-state index in [9.17, 15) is 8.78 Å². The van der Waals surface area contributed by atoms with E-state index in [1.807, 2.05) is 0 Å². The highest BCUT2D eigenvalue weighted by atomic mass is 32.1. The molecular weight excluding hydrogens is 276 g/mol. The van der Waals surface area contributed by atoms with Crippen LogP contribution in [0, 0.1) is 17.6 Å². The van der Waals surface area contributed by atoms with E-state index in [1.165, 1.54) is 35.4 Å². The van der Waals surface area contributed by atoms with Gasteiger partial charge in [-0.05, 0) is 48.3 Å². The van der Waals surface area contributed by atoms with Gasteiger partial charge in [0.1, 0.15) is 0 Å². The van der Waals surface area contributed by atoms with Crippen molar-refractivity contribution in [3.63, 3.8) is 0 Å². The number of hydrogen-bond donors (Lipinski definition) is 1. The molecule has 1 aliphatic carbocycles. The molecule has 1 aromatic carbocycles. The molecule has 20 heavy (non-hydrogen) atoms. The number of nitrogens with one attached hydrogen (secondary N) is 1. The third-order valence-electron chi connectivity index (χ3n) is 3.66. The minimum absolute atomic E-state index is 0.501.